The molecule has 0 radical (unpaired) electrons. The minimum Gasteiger partial charge on any atom is -0.480 e. The van der Waals surface area contributed by atoms with E-state index in [1.807, 2.05) is 0 Å². The van der Waals surface area contributed by atoms with E-state index < -0.39 is 30.5 Å². The molecule has 1 aliphatic heterocycles. The van der Waals surface area contributed by atoms with Gasteiger partial charge in [-0.05, 0) is 18.8 Å². The highest BCUT2D eigenvalue weighted by atomic mass is 19.4. The molecule has 0 amide bonds. The first-order chi connectivity index (χ1) is 7.87. The van der Waals surface area contributed by atoms with Crippen molar-refractivity contribution in [1.29, 1.82) is 0 Å². The average molecular weight is 251 g/mol. The largest absolute Gasteiger partial charge is 0.480 e. The number of allylic oxidation sites excluding steroid dienone is 1. The summed E-state index contributed by atoms with van der Waals surface area (Å²) in [5, 5.41) is 8.87. The van der Waals surface area contributed by atoms with E-state index >= 15 is 0 Å². The SMILES string of the molecule is O=C(O)C1NOC2=C1CC(CC(F)(F)F)CC2. The van der Waals surface area contributed by atoms with Gasteiger partial charge < -0.3 is 9.94 Å². The molecule has 0 aromatic heterocycles. The standard InChI is InChI=1S/C10H12F3NO3/c11-10(12,13)4-5-1-2-7-6(3-5)8(9(15)16)14-17-7/h5,8,14H,1-4H2,(H,15,16). The summed E-state index contributed by atoms with van der Waals surface area (Å²) in [7, 11) is 0. The summed E-state index contributed by atoms with van der Waals surface area (Å²) in [4.78, 5) is 15.8. The fourth-order valence-electron chi connectivity index (χ4n) is 2.32. The molecule has 17 heavy (non-hydrogen) atoms. The number of nitrogens with one attached hydrogen (secondary N) is 1. The second kappa shape index (κ2) is 4.21. The first-order valence-electron chi connectivity index (χ1n) is 5.30. The van der Waals surface area contributed by atoms with Crippen LogP contribution in [0.1, 0.15) is 25.7 Å². The Kier molecular flexibility index (Phi) is 3.03. The highest BCUT2D eigenvalue weighted by Gasteiger charge is 2.40. The predicted octanol–water partition coefficient (Wildman–Crippen LogP) is 1.98. The van der Waals surface area contributed by atoms with Crippen LogP contribution in [0.25, 0.3) is 0 Å². The highest BCUT2D eigenvalue weighted by molar-refractivity contribution is 5.78. The van der Waals surface area contributed by atoms with E-state index in [1.165, 1.54) is 0 Å². The van der Waals surface area contributed by atoms with Crippen molar-refractivity contribution in [3.05, 3.63) is 11.3 Å². The van der Waals surface area contributed by atoms with Crippen molar-refractivity contribution in [2.45, 2.75) is 37.9 Å². The molecule has 0 aromatic rings. The van der Waals surface area contributed by atoms with Gasteiger partial charge in [0.15, 0.2) is 6.04 Å². The quantitative estimate of drug-likeness (QED) is 0.787. The number of hydrogen-bond acceptors (Lipinski definition) is 3. The van der Waals surface area contributed by atoms with Gasteiger partial charge in [-0.3, -0.25) is 4.79 Å². The van der Waals surface area contributed by atoms with Crippen molar-refractivity contribution in [2.24, 2.45) is 5.92 Å². The first-order valence-corrected chi connectivity index (χ1v) is 5.30. The van der Waals surface area contributed by atoms with Crippen LogP contribution < -0.4 is 5.48 Å². The minimum atomic E-state index is -4.20. The van der Waals surface area contributed by atoms with Crippen LogP contribution in [-0.4, -0.2) is 23.3 Å². The summed E-state index contributed by atoms with van der Waals surface area (Å²) in [5.41, 5.74) is 2.78. The van der Waals surface area contributed by atoms with Crippen molar-refractivity contribution >= 4 is 5.97 Å². The summed E-state index contributed by atoms with van der Waals surface area (Å²) < 4.78 is 36.8. The third-order valence-corrected chi connectivity index (χ3v) is 3.06. The summed E-state index contributed by atoms with van der Waals surface area (Å²) in [5.74, 6) is -1.17. The van der Waals surface area contributed by atoms with Crippen LogP contribution in [0.4, 0.5) is 13.2 Å². The van der Waals surface area contributed by atoms with Gasteiger partial charge in [0.2, 0.25) is 0 Å². The van der Waals surface area contributed by atoms with Crippen LogP contribution >= 0.6 is 0 Å². The molecule has 96 valence electrons. The Morgan fingerprint density at radius 3 is 2.82 bits per heavy atom. The van der Waals surface area contributed by atoms with Gasteiger partial charge in [0.25, 0.3) is 0 Å². The zero-order valence-electron chi connectivity index (χ0n) is 8.88. The molecule has 2 N–H and O–H groups in total. The number of alkyl halides is 3. The monoisotopic (exact) mass is 251 g/mol. The Bertz CT molecular complexity index is 364. The lowest BCUT2D eigenvalue weighted by Gasteiger charge is -2.23. The third-order valence-electron chi connectivity index (χ3n) is 3.06. The Morgan fingerprint density at radius 1 is 1.53 bits per heavy atom. The first kappa shape index (κ1) is 12.2. The Balaban J connectivity index is 2.06. The molecule has 1 aliphatic carbocycles. The van der Waals surface area contributed by atoms with E-state index in [9.17, 15) is 18.0 Å². The molecule has 1 heterocycles. The molecule has 2 atom stereocenters. The van der Waals surface area contributed by atoms with Gasteiger partial charge in [-0.1, -0.05) is 0 Å². The predicted molar refractivity (Wildman–Crippen MR) is 50.7 cm³/mol. The number of rotatable bonds is 2. The number of aliphatic carboxylic acids is 1. The Morgan fingerprint density at radius 2 is 2.24 bits per heavy atom. The molecule has 0 fully saturated rings. The zero-order valence-corrected chi connectivity index (χ0v) is 8.88. The van der Waals surface area contributed by atoms with E-state index in [0.717, 1.165) is 0 Å². The molecule has 0 spiro atoms. The number of halogens is 3. The van der Waals surface area contributed by atoms with E-state index in [2.05, 4.69) is 5.48 Å². The fraction of sp³-hybridized carbons (Fsp3) is 0.700. The molecule has 2 aliphatic rings. The van der Waals surface area contributed by atoms with Crippen LogP contribution in [-0.2, 0) is 9.63 Å². The van der Waals surface area contributed by atoms with Crippen LogP contribution in [0.2, 0.25) is 0 Å². The number of carboxylic acids is 1. The number of hydroxylamine groups is 1. The van der Waals surface area contributed by atoms with Crippen molar-refractivity contribution in [2.75, 3.05) is 0 Å². The lowest BCUT2D eigenvalue weighted by atomic mass is 9.83. The van der Waals surface area contributed by atoms with Crippen molar-refractivity contribution in [3.8, 4) is 0 Å². The zero-order chi connectivity index (χ0) is 12.6. The minimum absolute atomic E-state index is 0.138. The van der Waals surface area contributed by atoms with Crippen LogP contribution in [0.5, 0.6) is 0 Å². The van der Waals surface area contributed by atoms with Gasteiger partial charge in [-0.25, -0.2) is 0 Å². The summed E-state index contributed by atoms with van der Waals surface area (Å²) in [6.07, 6.45) is -4.18. The molecule has 0 saturated heterocycles. The second-order valence-corrected chi connectivity index (χ2v) is 4.37. The number of carboxylic acid groups (broad SMARTS) is 1. The van der Waals surface area contributed by atoms with Gasteiger partial charge in [0.1, 0.15) is 5.76 Å². The van der Waals surface area contributed by atoms with Crippen LogP contribution in [0.3, 0.4) is 0 Å². The van der Waals surface area contributed by atoms with Gasteiger partial charge in [-0.15, -0.1) is 5.48 Å². The maximum absolute atomic E-state index is 12.3. The molecular weight excluding hydrogens is 239 g/mol. The van der Waals surface area contributed by atoms with Crippen molar-refractivity contribution in [1.82, 2.24) is 5.48 Å². The van der Waals surface area contributed by atoms with Gasteiger partial charge in [0, 0.05) is 18.4 Å². The van der Waals surface area contributed by atoms with Gasteiger partial charge in [-0.2, -0.15) is 13.2 Å². The molecule has 4 nitrogen and oxygen atoms in total. The Labute approximate surface area is 95.4 Å². The lowest BCUT2D eigenvalue weighted by molar-refractivity contribution is -0.145. The normalized spacial score (nSPS) is 28.9. The van der Waals surface area contributed by atoms with Crippen molar-refractivity contribution in [3.63, 3.8) is 0 Å². The van der Waals surface area contributed by atoms with E-state index in [0.29, 0.717) is 24.2 Å². The molecule has 2 rings (SSSR count). The Hall–Kier alpha value is -1.24. The number of carbonyl (C=O) groups is 1. The van der Waals surface area contributed by atoms with Crippen molar-refractivity contribution < 1.29 is 27.9 Å². The topological polar surface area (TPSA) is 58.6 Å². The molecule has 7 heteroatoms. The summed E-state index contributed by atoms with van der Waals surface area (Å²) in [6, 6.07) is -0.999. The fourth-order valence-corrected chi connectivity index (χ4v) is 2.32. The van der Waals surface area contributed by atoms with E-state index in [-0.39, 0.29) is 6.42 Å². The van der Waals surface area contributed by atoms with Gasteiger partial charge >= 0.3 is 12.1 Å². The molecule has 0 bridgehead atoms. The van der Waals surface area contributed by atoms with Gasteiger partial charge in [0.05, 0.1) is 0 Å². The second-order valence-electron chi connectivity index (χ2n) is 4.37. The van der Waals surface area contributed by atoms with Crippen LogP contribution in [0, 0.1) is 5.92 Å². The average Bonchev–Trinajstić information content (AvgIpc) is 2.57. The highest BCUT2D eigenvalue weighted by Crippen LogP contribution is 2.39. The molecule has 0 aromatic carbocycles. The summed E-state index contributed by atoms with van der Waals surface area (Å²) in [6.45, 7) is 0. The smallest absolute Gasteiger partial charge is 0.389 e. The summed E-state index contributed by atoms with van der Waals surface area (Å²) >= 11 is 0. The molecule has 2 unspecified atom stereocenters. The maximum Gasteiger partial charge on any atom is 0.389 e. The molecule has 0 saturated carbocycles. The maximum atomic E-state index is 12.3. The van der Waals surface area contributed by atoms with E-state index in [4.69, 9.17) is 9.94 Å². The molecular formula is C10H12F3NO3. The third kappa shape index (κ3) is 2.71. The van der Waals surface area contributed by atoms with E-state index in [1.54, 1.807) is 0 Å². The van der Waals surface area contributed by atoms with Crippen LogP contribution in [0.15, 0.2) is 11.3 Å². The lowest BCUT2D eigenvalue weighted by Crippen LogP contribution is -2.33. The number of hydrogen-bond donors (Lipinski definition) is 2.